The summed E-state index contributed by atoms with van der Waals surface area (Å²) in [6.07, 6.45) is 8.68. The summed E-state index contributed by atoms with van der Waals surface area (Å²) >= 11 is 0. The van der Waals surface area contributed by atoms with Crippen molar-refractivity contribution in [3.63, 3.8) is 0 Å². The number of imidazole rings is 2. The van der Waals surface area contributed by atoms with Crippen molar-refractivity contribution in [1.82, 2.24) is 40.4 Å². The van der Waals surface area contributed by atoms with Gasteiger partial charge in [0.15, 0.2) is 0 Å². The van der Waals surface area contributed by atoms with Crippen molar-refractivity contribution >= 4 is 34.8 Å². The van der Waals surface area contributed by atoms with Gasteiger partial charge in [-0.1, -0.05) is 24.1 Å². The number of ether oxygens (including phenoxy) is 4. The largest absolute Gasteiger partial charge is 0.453 e. The van der Waals surface area contributed by atoms with Crippen LogP contribution in [0.3, 0.4) is 0 Å². The first-order chi connectivity index (χ1) is 30.3. The fourth-order valence-corrected chi connectivity index (χ4v) is 10.4. The summed E-state index contributed by atoms with van der Waals surface area (Å²) in [5, 5.41) is 7.77. The summed E-state index contributed by atoms with van der Waals surface area (Å²) < 4.78 is 20.9. The maximum absolute atomic E-state index is 14.2. The summed E-state index contributed by atoms with van der Waals surface area (Å²) in [6, 6.07) is 10.8. The molecule has 6 aliphatic rings. The number of fused-ring (bicyclic) bond motifs is 3. The lowest BCUT2D eigenvalue weighted by Crippen LogP contribution is -2.54. The monoisotopic (exact) mass is 844 g/mol. The van der Waals surface area contributed by atoms with Crippen LogP contribution in [0, 0.1) is 35.5 Å². The van der Waals surface area contributed by atoms with Gasteiger partial charge in [-0.15, -0.1) is 0 Å². The van der Waals surface area contributed by atoms with Gasteiger partial charge in [0.05, 0.1) is 44.4 Å². The molecule has 4 aromatic rings. The van der Waals surface area contributed by atoms with Gasteiger partial charge in [-0.05, 0) is 110 Å². The Hall–Kier alpha value is -5.92. The van der Waals surface area contributed by atoms with Crippen molar-refractivity contribution in [2.24, 2.45) is 23.7 Å². The number of rotatable bonds is 9. The standard InChI is InChI=1S/C46H52N8O8/c1-59-45(57)51-39(26-9-13-61-14-10-26)43(55)53-35-19-31(35)21-37(53)41-47-23-33(49-41)8-4-25-3-5-29-18-30(7-6-28(29)17-25)34-24-48-42(50-34)38-22-32-20-36(32)54(38)44(56)40(52-46(58)60-2)27-11-15-62-16-12-27/h3,5-7,17-18,23-24,26-27,31-32,35-40H,9-16,19-22H2,1-2H3,(H,47,49)(H,48,50)(H,51,57)(H,52,58)/t31-,32-,35-,36-,37+,38+,39+,40+/m1/s1. The van der Waals surface area contributed by atoms with Gasteiger partial charge in [0.1, 0.15) is 29.4 Å². The van der Waals surface area contributed by atoms with E-state index in [2.05, 4.69) is 67.8 Å². The van der Waals surface area contributed by atoms with Crippen LogP contribution in [0.4, 0.5) is 9.59 Å². The predicted octanol–water partition coefficient (Wildman–Crippen LogP) is 4.98. The minimum Gasteiger partial charge on any atom is -0.453 e. The molecule has 6 fully saturated rings. The molecule has 10 rings (SSSR count). The zero-order valence-corrected chi connectivity index (χ0v) is 34.9. The van der Waals surface area contributed by atoms with Crippen LogP contribution < -0.4 is 10.6 Å². The Labute approximate surface area is 359 Å². The van der Waals surface area contributed by atoms with Crippen LogP contribution in [0.2, 0.25) is 0 Å². The Bertz CT molecular complexity index is 2430. The number of piperidine rings is 2. The fraction of sp³-hybridized carbons (Fsp3) is 0.522. The first-order valence-corrected chi connectivity index (χ1v) is 21.9. The quantitative estimate of drug-likeness (QED) is 0.167. The van der Waals surface area contributed by atoms with Crippen molar-refractivity contribution in [2.45, 2.75) is 87.6 Å². The smallest absolute Gasteiger partial charge is 0.407 e. The molecule has 324 valence electrons. The van der Waals surface area contributed by atoms with Crippen LogP contribution in [0.25, 0.3) is 22.0 Å². The van der Waals surface area contributed by atoms with E-state index >= 15 is 0 Å². The molecule has 4 N–H and O–H groups in total. The molecule has 0 radical (unpaired) electrons. The Kier molecular flexibility index (Phi) is 10.8. The molecule has 62 heavy (non-hydrogen) atoms. The number of H-pyrrole nitrogens is 2. The molecular formula is C46H52N8O8. The highest BCUT2D eigenvalue weighted by Crippen LogP contribution is 2.54. The summed E-state index contributed by atoms with van der Waals surface area (Å²) in [4.78, 5) is 73.4. The zero-order valence-electron chi connectivity index (χ0n) is 34.9. The first kappa shape index (κ1) is 40.2. The number of likely N-dealkylation sites (tertiary alicyclic amines) is 2. The van der Waals surface area contributed by atoms with E-state index < -0.39 is 24.3 Å². The lowest BCUT2D eigenvalue weighted by molar-refractivity contribution is -0.138. The molecular weight excluding hydrogens is 793 g/mol. The van der Waals surface area contributed by atoms with E-state index in [1.165, 1.54) is 14.2 Å². The van der Waals surface area contributed by atoms with Gasteiger partial charge in [-0.25, -0.2) is 19.6 Å². The van der Waals surface area contributed by atoms with Crippen LogP contribution in [0.1, 0.15) is 86.4 Å². The lowest BCUT2D eigenvalue weighted by Gasteiger charge is -2.35. The summed E-state index contributed by atoms with van der Waals surface area (Å²) in [7, 11) is 2.63. The van der Waals surface area contributed by atoms with Crippen LogP contribution in [0.15, 0.2) is 48.8 Å². The third kappa shape index (κ3) is 7.88. The Morgan fingerprint density at radius 2 is 1.23 bits per heavy atom. The number of nitrogens with one attached hydrogen (secondary N) is 4. The molecule has 2 aromatic heterocycles. The number of carbonyl (C=O) groups excluding carboxylic acids is 4. The second-order valence-corrected chi connectivity index (χ2v) is 17.6. The van der Waals surface area contributed by atoms with Crippen molar-refractivity contribution in [2.75, 3.05) is 40.6 Å². The van der Waals surface area contributed by atoms with E-state index in [9.17, 15) is 19.2 Å². The minimum atomic E-state index is -0.686. The molecule has 8 atom stereocenters. The Balaban J connectivity index is 0.820. The van der Waals surface area contributed by atoms with Crippen LogP contribution in [-0.2, 0) is 28.5 Å². The molecule has 2 aromatic carbocycles. The average Bonchev–Trinajstić information content (AvgIpc) is 3.90. The lowest BCUT2D eigenvalue weighted by atomic mass is 9.90. The first-order valence-electron chi connectivity index (χ1n) is 21.9. The summed E-state index contributed by atoms with van der Waals surface area (Å²) in [5.41, 5.74) is 3.35. The molecule has 4 amide bonds. The minimum absolute atomic E-state index is 0.0266. The number of alkyl carbamates (subject to hydrolysis) is 2. The highest BCUT2D eigenvalue weighted by molar-refractivity contribution is 5.89. The fourth-order valence-electron chi connectivity index (χ4n) is 10.4. The SMILES string of the molecule is COC(=O)N[C@H](C(=O)N1[C@@H]2C[C@@H]2C[C@H]1c1ncc(C#Cc2ccc3cc(-c4cnc([C@@H]5C[C@H]6C[C@H]6N5C(=O)[C@@H](NC(=O)OC)C5CCOCC5)[nH]4)ccc3c2)[nH]1)C1CCOCC1. The Morgan fingerprint density at radius 1 is 0.694 bits per heavy atom. The maximum Gasteiger partial charge on any atom is 0.407 e. The third-order valence-corrected chi connectivity index (χ3v) is 14.0. The number of hydrogen-bond donors (Lipinski definition) is 4. The molecule has 4 aliphatic heterocycles. The molecule has 0 bridgehead atoms. The summed E-state index contributed by atoms with van der Waals surface area (Å²) in [5.74, 6) is 8.57. The number of aromatic nitrogens is 4. The van der Waals surface area contributed by atoms with Crippen molar-refractivity contribution < 1.29 is 38.1 Å². The Morgan fingerprint density at radius 3 is 1.81 bits per heavy atom. The molecule has 0 unspecified atom stereocenters. The van der Waals surface area contributed by atoms with Crippen molar-refractivity contribution in [1.29, 1.82) is 0 Å². The number of hydrogen-bond acceptors (Lipinski definition) is 10. The molecule has 16 heteroatoms. The summed E-state index contributed by atoms with van der Waals surface area (Å²) in [6.45, 7) is 2.24. The van der Waals surface area contributed by atoms with E-state index in [4.69, 9.17) is 23.9 Å². The second kappa shape index (κ2) is 16.7. The van der Waals surface area contributed by atoms with Gasteiger partial charge in [0.2, 0.25) is 11.8 Å². The van der Waals surface area contributed by atoms with Crippen molar-refractivity contribution in [3.05, 3.63) is 71.7 Å². The second-order valence-electron chi connectivity index (χ2n) is 17.6. The molecule has 2 aliphatic carbocycles. The van der Waals surface area contributed by atoms with E-state index in [1.807, 2.05) is 22.1 Å². The van der Waals surface area contributed by atoms with Crippen LogP contribution >= 0.6 is 0 Å². The number of carbonyl (C=O) groups is 4. The van der Waals surface area contributed by atoms with Gasteiger partial charge in [0, 0.05) is 49.6 Å². The number of amides is 4. The van der Waals surface area contributed by atoms with E-state index in [0.717, 1.165) is 59.1 Å². The topological polar surface area (TPSA) is 193 Å². The number of benzene rings is 2. The zero-order chi connectivity index (χ0) is 42.5. The van der Waals surface area contributed by atoms with Gasteiger partial charge in [0.25, 0.3) is 0 Å². The molecule has 0 spiro atoms. The molecule has 4 saturated heterocycles. The van der Waals surface area contributed by atoms with E-state index in [1.54, 1.807) is 6.20 Å². The number of aromatic amines is 2. The number of methoxy groups -OCH3 is 2. The molecule has 2 saturated carbocycles. The van der Waals surface area contributed by atoms with Gasteiger partial charge >= 0.3 is 12.2 Å². The van der Waals surface area contributed by atoms with Crippen LogP contribution in [0.5, 0.6) is 0 Å². The predicted molar refractivity (Wildman–Crippen MR) is 224 cm³/mol. The highest BCUT2D eigenvalue weighted by Gasteiger charge is 2.58. The number of nitrogens with zero attached hydrogens (tertiary/aromatic N) is 4. The van der Waals surface area contributed by atoms with Crippen LogP contribution in [-0.4, -0.2) is 119 Å². The molecule has 16 nitrogen and oxygen atoms in total. The van der Waals surface area contributed by atoms with E-state index in [-0.39, 0.29) is 47.8 Å². The van der Waals surface area contributed by atoms with E-state index in [0.29, 0.717) is 75.5 Å². The average molecular weight is 845 g/mol. The normalized spacial score (nSPS) is 26.4. The third-order valence-electron chi connectivity index (χ3n) is 14.0. The maximum atomic E-state index is 14.2. The van der Waals surface area contributed by atoms with Gasteiger partial charge in [-0.3, -0.25) is 9.59 Å². The molecule has 6 heterocycles. The van der Waals surface area contributed by atoms with Gasteiger partial charge in [-0.2, -0.15) is 0 Å². The van der Waals surface area contributed by atoms with Crippen molar-refractivity contribution in [3.8, 4) is 23.1 Å². The highest BCUT2D eigenvalue weighted by atomic mass is 16.5. The van der Waals surface area contributed by atoms with Gasteiger partial charge < -0.3 is 49.3 Å².